The number of unbranched alkanes of at least 4 members (excludes halogenated alkanes) is 1. The van der Waals surface area contributed by atoms with Crippen LogP contribution in [0.1, 0.15) is 70.2 Å². The summed E-state index contributed by atoms with van der Waals surface area (Å²) in [6.45, 7) is 10.5. The minimum absolute atomic E-state index is 0.0841. The first-order chi connectivity index (χ1) is 12.1. The topological polar surface area (TPSA) is 46.2 Å². The molecule has 0 radical (unpaired) electrons. The Morgan fingerprint density at radius 3 is 2.04 bits per heavy atom. The van der Waals surface area contributed by atoms with E-state index in [1.54, 1.807) is 12.1 Å². The third-order valence-corrected chi connectivity index (χ3v) is 6.22. The number of rotatable bonds is 7. The van der Waals surface area contributed by atoms with Crippen LogP contribution in [0.5, 0.6) is 0 Å². The number of benzene rings is 2. The number of hydrogen-bond acceptors (Lipinski definition) is 2. The number of hydrogen-bond donors (Lipinski definition) is 1. The van der Waals surface area contributed by atoms with Crippen LogP contribution in [-0.4, -0.2) is 8.42 Å². The molecule has 0 saturated carbocycles. The zero-order valence-electron chi connectivity index (χ0n) is 16.5. The molecule has 26 heavy (non-hydrogen) atoms. The van der Waals surface area contributed by atoms with E-state index in [1.807, 2.05) is 31.2 Å². The Kier molecular flexibility index (Phi) is 6.64. The second-order valence-electron chi connectivity index (χ2n) is 7.96. The van der Waals surface area contributed by atoms with Gasteiger partial charge in [0, 0.05) is 6.04 Å². The van der Waals surface area contributed by atoms with Crippen LogP contribution in [0.2, 0.25) is 0 Å². The van der Waals surface area contributed by atoms with Gasteiger partial charge in [-0.1, -0.05) is 70.5 Å². The van der Waals surface area contributed by atoms with Gasteiger partial charge in [-0.3, -0.25) is 0 Å². The van der Waals surface area contributed by atoms with E-state index in [0.29, 0.717) is 4.90 Å². The quantitative estimate of drug-likeness (QED) is 0.709. The summed E-state index contributed by atoms with van der Waals surface area (Å²) in [5.74, 6) is 0. The molecule has 0 fully saturated rings. The van der Waals surface area contributed by atoms with Gasteiger partial charge in [0.1, 0.15) is 0 Å². The van der Waals surface area contributed by atoms with E-state index in [-0.39, 0.29) is 11.5 Å². The molecule has 0 amide bonds. The molecule has 0 heterocycles. The zero-order chi connectivity index (χ0) is 19.4. The van der Waals surface area contributed by atoms with E-state index in [1.165, 1.54) is 11.1 Å². The highest BCUT2D eigenvalue weighted by Gasteiger charge is 2.19. The molecule has 0 aliphatic rings. The first kappa shape index (κ1) is 20.7. The van der Waals surface area contributed by atoms with Gasteiger partial charge in [-0.25, -0.2) is 13.1 Å². The highest BCUT2D eigenvalue weighted by molar-refractivity contribution is 7.89. The van der Waals surface area contributed by atoms with Crippen LogP contribution >= 0.6 is 0 Å². The van der Waals surface area contributed by atoms with Crippen molar-refractivity contribution in [1.29, 1.82) is 0 Å². The highest BCUT2D eigenvalue weighted by Crippen LogP contribution is 2.24. The molecule has 142 valence electrons. The van der Waals surface area contributed by atoms with Gasteiger partial charge in [0.15, 0.2) is 0 Å². The molecule has 2 aromatic rings. The first-order valence-corrected chi connectivity index (χ1v) is 10.8. The van der Waals surface area contributed by atoms with Crippen LogP contribution in [0.3, 0.4) is 0 Å². The third kappa shape index (κ3) is 5.42. The molecule has 1 N–H and O–H groups in total. The van der Waals surface area contributed by atoms with Crippen LogP contribution in [-0.2, 0) is 21.9 Å². The van der Waals surface area contributed by atoms with Gasteiger partial charge in [-0.2, -0.15) is 0 Å². The van der Waals surface area contributed by atoms with Crippen molar-refractivity contribution >= 4 is 10.0 Å². The number of aryl methyl sites for hydroxylation is 1. The predicted molar refractivity (Wildman–Crippen MR) is 109 cm³/mol. The molecule has 1 unspecified atom stereocenters. The van der Waals surface area contributed by atoms with Gasteiger partial charge in [0.05, 0.1) is 4.90 Å². The van der Waals surface area contributed by atoms with Crippen molar-refractivity contribution in [2.24, 2.45) is 0 Å². The Morgan fingerprint density at radius 2 is 1.54 bits per heavy atom. The van der Waals surface area contributed by atoms with E-state index in [4.69, 9.17) is 0 Å². The fourth-order valence-electron chi connectivity index (χ4n) is 2.86. The standard InChI is InChI=1S/C22H31NO2S/c1-6-7-8-18-9-15-21(16-10-18)26(24,25)23-17(2)19-11-13-20(14-12-19)22(3,4)5/h9-17,23H,6-8H2,1-5H3. The zero-order valence-corrected chi connectivity index (χ0v) is 17.4. The number of sulfonamides is 1. The summed E-state index contributed by atoms with van der Waals surface area (Å²) in [4.78, 5) is 0.316. The van der Waals surface area contributed by atoms with E-state index >= 15 is 0 Å². The van der Waals surface area contributed by atoms with Crippen molar-refractivity contribution in [3.63, 3.8) is 0 Å². The monoisotopic (exact) mass is 373 g/mol. The lowest BCUT2D eigenvalue weighted by Gasteiger charge is -2.20. The summed E-state index contributed by atoms with van der Waals surface area (Å²) in [7, 11) is -3.53. The summed E-state index contributed by atoms with van der Waals surface area (Å²) >= 11 is 0. The second-order valence-corrected chi connectivity index (χ2v) is 9.68. The lowest BCUT2D eigenvalue weighted by atomic mass is 9.86. The maximum absolute atomic E-state index is 12.7. The van der Waals surface area contributed by atoms with Crippen LogP contribution in [0.25, 0.3) is 0 Å². The van der Waals surface area contributed by atoms with Crippen molar-refractivity contribution in [3.8, 4) is 0 Å². The molecule has 0 saturated heterocycles. The van der Waals surface area contributed by atoms with Crippen LogP contribution in [0, 0.1) is 0 Å². The SMILES string of the molecule is CCCCc1ccc(S(=O)(=O)NC(C)c2ccc(C(C)(C)C)cc2)cc1. The predicted octanol–water partition coefficient (Wildman–Crippen LogP) is 5.37. The largest absolute Gasteiger partial charge is 0.241 e. The van der Waals surface area contributed by atoms with Crippen molar-refractivity contribution in [2.45, 2.75) is 70.2 Å². The van der Waals surface area contributed by atoms with Crippen LogP contribution in [0.15, 0.2) is 53.4 Å². The first-order valence-electron chi connectivity index (χ1n) is 9.35. The highest BCUT2D eigenvalue weighted by atomic mass is 32.2. The molecule has 0 spiro atoms. The maximum atomic E-state index is 12.7. The molecule has 0 aromatic heterocycles. The van der Waals surface area contributed by atoms with Crippen molar-refractivity contribution in [3.05, 3.63) is 65.2 Å². The average molecular weight is 374 g/mol. The third-order valence-electron chi connectivity index (χ3n) is 4.66. The summed E-state index contributed by atoms with van der Waals surface area (Å²) in [5, 5.41) is 0. The van der Waals surface area contributed by atoms with Gasteiger partial charge in [0.25, 0.3) is 0 Å². The molecule has 0 bridgehead atoms. The number of nitrogens with one attached hydrogen (secondary N) is 1. The Bertz CT molecular complexity index is 801. The lowest BCUT2D eigenvalue weighted by molar-refractivity contribution is 0.565. The lowest BCUT2D eigenvalue weighted by Crippen LogP contribution is -2.27. The molecular formula is C22H31NO2S. The second kappa shape index (κ2) is 8.36. The van der Waals surface area contributed by atoms with Gasteiger partial charge in [-0.05, 0) is 54.0 Å². The molecule has 2 rings (SSSR count). The van der Waals surface area contributed by atoms with E-state index in [9.17, 15) is 8.42 Å². The Hall–Kier alpha value is -1.65. The van der Waals surface area contributed by atoms with E-state index in [0.717, 1.165) is 24.8 Å². The van der Waals surface area contributed by atoms with Gasteiger partial charge in [0.2, 0.25) is 10.0 Å². The van der Waals surface area contributed by atoms with Gasteiger partial charge < -0.3 is 0 Å². The fraction of sp³-hybridized carbons (Fsp3) is 0.455. The summed E-state index contributed by atoms with van der Waals surface area (Å²) in [5.41, 5.74) is 3.46. The van der Waals surface area contributed by atoms with E-state index in [2.05, 4.69) is 44.5 Å². The Balaban J connectivity index is 2.10. The smallest absolute Gasteiger partial charge is 0.207 e. The Labute approximate surface area is 158 Å². The minimum atomic E-state index is -3.53. The molecule has 0 aliphatic heterocycles. The van der Waals surface area contributed by atoms with Gasteiger partial charge in [-0.15, -0.1) is 0 Å². The molecule has 0 aliphatic carbocycles. The summed E-state index contributed by atoms with van der Waals surface area (Å²) < 4.78 is 28.1. The fourth-order valence-corrected chi connectivity index (χ4v) is 4.09. The van der Waals surface area contributed by atoms with Crippen molar-refractivity contribution in [1.82, 2.24) is 4.72 Å². The van der Waals surface area contributed by atoms with Crippen LogP contribution in [0.4, 0.5) is 0 Å². The molecule has 3 nitrogen and oxygen atoms in total. The van der Waals surface area contributed by atoms with Crippen molar-refractivity contribution < 1.29 is 8.42 Å². The Morgan fingerprint density at radius 1 is 0.962 bits per heavy atom. The minimum Gasteiger partial charge on any atom is -0.207 e. The molecular weight excluding hydrogens is 342 g/mol. The normalized spacial score (nSPS) is 13.6. The van der Waals surface area contributed by atoms with Gasteiger partial charge >= 0.3 is 0 Å². The molecule has 1 atom stereocenters. The summed E-state index contributed by atoms with van der Waals surface area (Å²) in [6.07, 6.45) is 3.24. The molecule has 4 heteroatoms. The maximum Gasteiger partial charge on any atom is 0.241 e. The van der Waals surface area contributed by atoms with Crippen molar-refractivity contribution in [2.75, 3.05) is 0 Å². The van der Waals surface area contributed by atoms with Crippen LogP contribution < -0.4 is 4.72 Å². The van der Waals surface area contributed by atoms with E-state index < -0.39 is 10.0 Å². The summed E-state index contributed by atoms with van der Waals surface area (Å²) in [6, 6.07) is 15.1. The molecule has 2 aromatic carbocycles. The average Bonchev–Trinajstić information content (AvgIpc) is 2.59.